The van der Waals surface area contributed by atoms with Crippen molar-refractivity contribution in [2.75, 3.05) is 0 Å². The summed E-state index contributed by atoms with van der Waals surface area (Å²) in [4.78, 5) is 24.7. The Hall–Kier alpha value is -1.41. The summed E-state index contributed by atoms with van der Waals surface area (Å²) in [6.45, 7) is 13.4. The Bertz CT molecular complexity index is 554. The molecule has 0 aliphatic rings. The van der Waals surface area contributed by atoms with Crippen molar-refractivity contribution in [1.29, 1.82) is 0 Å². The molecule has 0 heterocycles. The maximum Gasteiger partial charge on any atom is 0.325 e. The molecule has 0 bridgehead atoms. The zero-order chi connectivity index (χ0) is 16.4. The van der Waals surface area contributed by atoms with E-state index in [4.69, 9.17) is 8.85 Å². The number of benzene rings is 1. The molecule has 0 radical (unpaired) electrons. The van der Waals surface area contributed by atoms with Gasteiger partial charge in [-0.2, -0.15) is 0 Å². The van der Waals surface area contributed by atoms with Gasteiger partial charge in [-0.25, -0.2) is 9.59 Å². The van der Waals surface area contributed by atoms with Gasteiger partial charge in [0.1, 0.15) is 0 Å². The first kappa shape index (κ1) is 17.6. The molecule has 0 saturated heterocycles. The summed E-state index contributed by atoms with van der Waals surface area (Å²) in [5, 5.41) is 0. The number of rotatable bonds is 4. The van der Waals surface area contributed by atoms with Crippen LogP contribution in [-0.2, 0) is 8.85 Å². The van der Waals surface area contributed by atoms with Gasteiger partial charge in [0.25, 0.3) is 0 Å². The molecule has 6 heteroatoms. The maximum absolute atomic E-state index is 12.4. The minimum Gasteiger partial charge on any atom is -0.516 e. The highest BCUT2D eigenvalue weighted by Gasteiger charge is 2.28. The molecule has 0 spiro atoms. The fourth-order valence-electron chi connectivity index (χ4n) is 1.77. The molecule has 1 aromatic carbocycles. The second kappa shape index (κ2) is 6.15. The lowest BCUT2D eigenvalue weighted by Crippen LogP contribution is -2.32. The van der Waals surface area contributed by atoms with Crippen molar-refractivity contribution in [2.45, 2.75) is 46.2 Å². The van der Waals surface area contributed by atoms with Crippen molar-refractivity contribution >= 4 is 28.6 Å². The third kappa shape index (κ3) is 5.47. The summed E-state index contributed by atoms with van der Waals surface area (Å²) in [7, 11) is -4.04. The summed E-state index contributed by atoms with van der Waals surface area (Å²) in [6.07, 6.45) is 0. The third-order valence-electron chi connectivity index (χ3n) is 2.49. The van der Waals surface area contributed by atoms with Crippen LogP contribution in [0.2, 0.25) is 39.3 Å². The average Bonchev–Trinajstić information content (AvgIpc) is 2.23. The molecule has 21 heavy (non-hydrogen) atoms. The van der Waals surface area contributed by atoms with Gasteiger partial charge in [0, 0.05) is 0 Å². The highest BCUT2D eigenvalue weighted by atomic mass is 28.4. The summed E-state index contributed by atoms with van der Waals surface area (Å²) >= 11 is 0. The molecule has 0 aliphatic heterocycles. The normalized spacial score (nSPS) is 12.0. The van der Waals surface area contributed by atoms with Crippen molar-refractivity contribution in [2.24, 2.45) is 0 Å². The Balaban J connectivity index is 3.21. The fraction of sp³-hybridized carbons (Fsp3) is 0.467. The van der Waals surface area contributed by atoms with Crippen molar-refractivity contribution in [1.82, 2.24) is 0 Å². The Morgan fingerprint density at radius 3 is 1.81 bits per heavy atom. The summed E-state index contributed by atoms with van der Waals surface area (Å²) in [5.74, 6) is -0.879. The largest absolute Gasteiger partial charge is 0.516 e. The van der Waals surface area contributed by atoms with Crippen molar-refractivity contribution in [3.63, 3.8) is 0 Å². The second-order valence-corrected chi connectivity index (χ2v) is 15.9. The van der Waals surface area contributed by atoms with Gasteiger partial charge >= 0.3 is 11.9 Å². The van der Waals surface area contributed by atoms with E-state index in [-0.39, 0.29) is 0 Å². The Labute approximate surface area is 128 Å². The van der Waals surface area contributed by atoms with Gasteiger partial charge in [-0.15, -0.1) is 0 Å². The molecule has 0 unspecified atom stereocenters. The molecular weight excluding hydrogens is 300 g/mol. The molecule has 0 aliphatic carbocycles. The molecule has 1 rings (SSSR count). The van der Waals surface area contributed by atoms with E-state index in [1.165, 1.54) is 0 Å². The Kier molecular flexibility index (Phi) is 5.17. The summed E-state index contributed by atoms with van der Waals surface area (Å²) in [5.41, 5.74) is 1.34. The van der Waals surface area contributed by atoms with Crippen LogP contribution in [0.5, 0.6) is 0 Å². The lowest BCUT2D eigenvalue weighted by atomic mass is 10.0. The van der Waals surface area contributed by atoms with Crippen LogP contribution in [0.15, 0.2) is 18.2 Å². The first-order valence-corrected chi connectivity index (χ1v) is 13.8. The molecule has 0 amide bonds. The van der Waals surface area contributed by atoms with Crippen LogP contribution < -0.4 is 0 Å². The van der Waals surface area contributed by atoms with Gasteiger partial charge in [0.05, 0.1) is 11.1 Å². The van der Waals surface area contributed by atoms with Crippen LogP contribution in [0.25, 0.3) is 0 Å². The van der Waals surface area contributed by atoms with E-state index in [0.717, 1.165) is 5.56 Å². The van der Waals surface area contributed by atoms with Gasteiger partial charge in [-0.05, 0) is 57.8 Å². The standard InChI is InChI=1S/C15H24O4Si2/c1-11-9-8-10-12(14(16)18-20(2,3)4)13(11)15(17)19-21(5,6)7/h8-10H,1-7H3. The molecule has 0 aromatic heterocycles. The first-order valence-electron chi connectivity index (χ1n) is 6.97. The fourth-order valence-corrected chi connectivity index (χ4v) is 3.10. The van der Waals surface area contributed by atoms with Crippen molar-refractivity contribution in [3.05, 3.63) is 34.9 Å². The van der Waals surface area contributed by atoms with E-state index in [9.17, 15) is 9.59 Å². The Morgan fingerprint density at radius 1 is 0.857 bits per heavy atom. The van der Waals surface area contributed by atoms with E-state index in [0.29, 0.717) is 11.1 Å². The van der Waals surface area contributed by atoms with E-state index in [2.05, 4.69) is 0 Å². The molecular formula is C15H24O4Si2. The highest BCUT2D eigenvalue weighted by Crippen LogP contribution is 2.20. The van der Waals surface area contributed by atoms with Crippen molar-refractivity contribution in [3.8, 4) is 0 Å². The first-order chi connectivity index (χ1) is 9.41. The lowest BCUT2D eigenvalue weighted by Gasteiger charge is -2.21. The van der Waals surface area contributed by atoms with E-state index >= 15 is 0 Å². The minimum atomic E-state index is -2.02. The van der Waals surface area contributed by atoms with Crippen LogP contribution in [0, 0.1) is 6.92 Å². The van der Waals surface area contributed by atoms with Crippen LogP contribution in [0.4, 0.5) is 0 Å². The van der Waals surface area contributed by atoms with E-state index in [1.807, 2.05) is 39.3 Å². The number of hydrogen-bond acceptors (Lipinski definition) is 4. The average molecular weight is 325 g/mol. The van der Waals surface area contributed by atoms with Crippen molar-refractivity contribution < 1.29 is 18.4 Å². The second-order valence-electron chi connectivity index (χ2n) is 7.00. The van der Waals surface area contributed by atoms with Gasteiger partial charge < -0.3 is 8.85 Å². The SMILES string of the molecule is Cc1cccc(C(=O)O[Si](C)(C)C)c1C(=O)O[Si](C)(C)C. The monoisotopic (exact) mass is 324 g/mol. The topological polar surface area (TPSA) is 52.6 Å². The van der Waals surface area contributed by atoms with Crippen LogP contribution in [0.1, 0.15) is 26.3 Å². The Morgan fingerprint density at radius 2 is 1.33 bits per heavy atom. The quantitative estimate of drug-likeness (QED) is 0.786. The number of carbonyl (C=O) groups excluding carboxylic acids is 2. The molecule has 4 nitrogen and oxygen atoms in total. The summed E-state index contributed by atoms with van der Waals surface area (Å²) in [6, 6.07) is 5.17. The predicted octanol–water partition coefficient (Wildman–Crippen LogP) is 3.98. The molecule has 0 N–H and O–H groups in total. The molecule has 1 aromatic rings. The van der Waals surface area contributed by atoms with Gasteiger partial charge in [-0.1, -0.05) is 12.1 Å². The smallest absolute Gasteiger partial charge is 0.325 e. The van der Waals surface area contributed by atoms with Gasteiger partial charge in [0.15, 0.2) is 0 Å². The minimum absolute atomic E-state index is 0.292. The lowest BCUT2D eigenvalue weighted by molar-refractivity contribution is 0.0679. The van der Waals surface area contributed by atoms with Crippen LogP contribution in [-0.4, -0.2) is 28.6 Å². The third-order valence-corrected chi connectivity index (χ3v) is 4.09. The maximum atomic E-state index is 12.4. The summed E-state index contributed by atoms with van der Waals surface area (Å²) < 4.78 is 11.0. The number of aryl methyl sites for hydroxylation is 1. The number of hydrogen-bond donors (Lipinski definition) is 0. The molecule has 0 saturated carbocycles. The molecule has 116 valence electrons. The zero-order valence-electron chi connectivity index (χ0n) is 13.9. The van der Waals surface area contributed by atoms with E-state index < -0.39 is 28.6 Å². The predicted molar refractivity (Wildman–Crippen MR) is 88.7 cm³/mol. The van der Waals surface area contributed by atoms with E-state index in [1.54, 1.807) is 25.1 Å². The van der Waals surface area contributed by atoms with Crippen LogP contribution >= 0.6 is 0 Å². The zero-order valence-corrected chi connectivity index (χ0v) is 15.9. The highest BCUT2D eigenvalue weighted by molar-refractivity contribution is 6.72. The molecule has 0 atom stereocenters. The van der Waals surface area contributed by atoms with Gasteiger partial charge in [0.2, 0.25) is 16.6 Å². The number of carbonyl (C=O) groups is 2. The van der Waals surface area contributed by atoms with Crippen LogP contribution in [0.3, 0.4) is 0 Å². The van der Waals surface area contributed by atoms with Gasteiger partial charge in [-0.3, -0.25) is 0 Å². The molecule has 0 fully saturated rings.